The van der Waals surface area contributed by atoms with E-state index in [-0.39, 0.29) is 0 Å². The summed E-state index contributed by atoms with van der Waals surface area (Å²) in [5.74, 6) is 0. The fraction of sp³-hybridized carbons (Fsp3) is 0.286. The summed E-state index contributed by atoms with van der Waals surface area (Å²) in [6.07, 6.45) is 3.06. The van der Waals surface area contributed by atoms with Crippen molar-refractivity contribution in [2.75, 3.05) is 6.54 Å². The highest BCUT2D eigenvalue weighted by Crippen LogP contribution is 2.09. The molecule has 1 aromatic heterocycles. The van der Waals surface area contributed by atoms with E-state index in [4.69, 9.17) is 5.73 Å². The molecule has 0 saturated carbocycles. The number of benzene rings is 1. The standard InChI is InChI=1S/C14H18N2/c1-12-4-2-5-13(10-12)11-16-9-3-6-14(16)7-8-15/h2-6,9-10H,7-8,11,15H2,1H3. The zero-order valence-corrected chi connectivity index (χ0v) is 9.69. The topological polar surface area (TPSA) is 30.9 Å². The SMILES string of the molecule is Cc1cccc(Cn2cccc2CCN)c1. The van der Waals surface area contributed by atoms with Crippen LogP contribution in [-0.2, 0) is 13.0 Å². The zero-order chi connectivity index (χ0) is 11.4. The summed E-state index contributed by atoms with van der Waals surface area (Å²) in [7, 11) is 0. The molecule has 0 saturated heterocycles. The first kappa shape index (κ1) is 11.0. The van der Waals surface area contributed by atoms with Crippen molar-refractivity contribution in [2.45, 2.75) is 19.9 Å². The number of nitrogens with zero attached hydrogens (tertiary/aromatic N) is 1. The Morgan fingerprint density at radius 3 is 2.81 bits per heavy atom. The van der Waals surface area contributed by atoms with E-state index in [1.165, 1.54) is 16.8 Å². The second kappa shape index (κ2) is 4.99. The van der Waals surface area contributed by atoms with Gasteiger partial charge in [-0.3, -0.25) is 0 Å². The van der Waals surface area contributed by atoms with Gasteiger partial charge in [0.05, 0.1) is 0 Å². The molecule has 1 aromatic carbocycles. The van der Waals surface area contributed by atoms with Gasteiger partial charge in [-0.05, 0) is 37.6 Å². The summed E-state index contributed by atoms with van der Waals surface area (Å²) < 4.78 is 2.27. The minimum Gasteiger partial charge on any atom is -0.347 e. The lowest BCUT2D eigenvalue weighted by Gasteiger charge is -2.09. The van der Waals surface area contributed by atoms with E-state index in [2.05, 4.69) is 54.1 Å². The third kappa shape index (κ3) is 2.52. The van der Waals surface area contributed by atoms with Crippen molar-refractivity contribution in [2.24, 2.45) is 5.73 Å². The largest absolute Gasteiger partial charge is 0.347 e. The Labute approximate surface area is 96.7 Å². The van der Waals surface area contributed by atoms with Gasteiger partial charge in [0.25, 0.3) is 0 Å². The van der Waals surface area contributed by atoms with E-state index in [9.17, 15) is 0 Å². The summed E-state index contributed by atoms with van der Waals surface area (Å²) in [4.78, 5) is 0. The van der Waals surface area contributed by atoms with E-state index < -0.39 is 0 Å². The molecule has 2 rings (SSSR count). The second-order valence-electron chi connectivity index (χ2n) is 4.16. The summed E-state index contributed by atoms with van der Waals surface area (Å²) in [6.45, 7) is 3.77. The fourth-order valence-electron chi connectivity index (χ4n) is 1.99. The van der Waals surface area contributed by atoms with Crippen LogP contribution in [0.1, 0.15) is 16.8 Å². The first-order valence-electron chi connectivity index (χ1n) is 5.69. The minimum atomic E-state index is 0.706. The predicted octanol–water partition coefficient (Wildman–Crippen LogP) is 2.35. The molecule has 2 aromatic rings. The summed E-state index contributed by atoms with van der Waals surface area (Å²) in [5, 5.41) is 0. The van der Waals surface area contributed by atoms with E-state index >= 15 is 0 Å². The van der Waals surface area contributed by atoms with Gasteiger partial charge in [0.2, 0.25) is 0 Å². The van der Waals surface area contributed by atoms with Crippen molar-refractivity contribution in [3.63, 3.8) is 0 Å². The van der Waals surface area contributed by atoms with Crippen molar-refractivity contribution >= 4 is 0 Å². The van der Waals surface area contributed by atoms with Crippen LogP contribution in [0.15, 0.2) is 42.6 Å². The lowest BCUT2D eigenvalue weighted by atomic mass is 10.1. The predicted molar refractivity (Wildman–Crippen MR) is 67.5 cm³/mol. The molecule has 0 fully saturated rings. The van der Waals surface area contributed by atoms with Gasteiger partial charge in [0.15, 0.2) is 0 Å². The summed E-state index contributed by atoms with van der Waals surface area (Å²) in [6, 6.07) is 12.9. The highest BCUT2D eigenvalue weighted by atomic mass is 15.0. The maximum atomic E-state index is 5.59. The average Bonchev–Trinajstić information content (AvgIpc) is 2.66. The lowest BCUT2D eigenvalue weighted by molar-refractivity contribution is 0.736. The lowest BCUT2D eigenvalue weighted by Crippen LogP contribution is -2.09. The zero-order valence-electron chi connectivity index (χ0n) is 9.69. The first-order valence-corrected chi connectivity index (χ1v) is 5.69. The monoisotopic (exact) mass is 214 g/mol. The van der Waals surface area contributed by atoms with Crippen LogP contribution < -0.4 is 5.73 Å². The quantitative estimate of drug-likeness (QED) is 0.832. The number of aromatic nitrogens is 1. The first-order chi connectivity index (χ1) is 7.79. The fourth-order valence-corrected chi connectivity index (χ4v) is 1.99. The van der Waals surface area contributed by atoms with Crippen LogP contribution >= 0.6 is 0 Å². The Bertz CT molecular complexity index is 457. The Balaban J connectivity index is 2.17. The maximum Gasteiger partial charge on any atom is 0.0472 e. The number of hydrogen-bond donors (Lipinski definition) is 1. The molecule has 0 bridgehead atoms. The Kier molecular flexibility index (Phi) is 3.42. The van der Waals surface area contributed by atoms with Gasteiger partial charge >= 0.3 is 0 Å². The third-order valence-corrected chi connectivity index (χ3v) is 2.76. The van der Waals surface area contributed by atoms with Crippen LogP contribution in [0.25, 0.3) is 0 Å². The Morgan fingerprint density at radius 2 is 2.06 bits per heavy atom. The van der Waals surface area contributed by atoms with Crippen molar-refractivity contribution < 1.29 is 0 Å². The van der Waals surface area contributed by atoms with E-state index in [1.54, 1.807) is 0 Å². The van der Waals surface area contributed by atoms with Crippen molar-refractivity contribution in [3.8, 4) is 0 Å². The molecule has 0 radical (unpaired) electrons. The molecule has 0 unspecified atom stereocenters. The van der Waals surface area contributed by atoms with Crippen molar-refractivity contribution in [1.82, 2.24) is 4.57 Å². The van der Waals surface area contributed by atoms with Gasteiger partial charge < -0.3 is 10.3 Å². The highest BCUT2D eigenvalue weighted by molar-refractivity contribution is 5.23. The number of nitrogens with two attached hydrogens (primary N) is 1. The van der Waals surface area contributed by atoms with Crippen LogP contribution in [0.4, 0.5) is 0 Å². The number of hydrogen-bond acceptors (Lipinski definition) is 1. The van der Waals surface area contributed by atoms with Crippen LogP contribution in [0.5, 0.6) is 0 Å². The van der Waals surface area contributed by atoms with Crippen LogP contribution in [0.2, 0.25) is 0 Å². The third-order valence-electron chi connectivity index (χ3n) is 2.76. The molecule has 0 aliphatic rings. The molecule has 2 nitrogen and oxygen atoms in total. The van der Waals surface area contributed by atoms with Crippen LogP contribution in [-0.4, -0.2) is 11.1 Å². The van der Waals surface area contributed by atoms with E-state index in [1.807, 2.05) is 0 Å². The molecule has 2 heteroatoms. The van der Waals surface area contributed by atoms with Crippen LogP contribution in [0.3, 0.4) is 0 Å². The highest BCUT2D eigenvalue weighted by Gasteiger charge is 2.00. The molecule has 0 aliphatic carbocycles. The smallest absolute Gasteiger partial charge is 0.0472 e. The molecule has 16 heavy (non-hydrogen) atoms. The molecule has 84 valence electrons. The molecule has 2 N–H and O–H groups in total. The van der Waals surface area contributed by atoms with Gasteiger partial charge in [0.1, 0.15) is 0 Å². The molecular weight excluding hydrogens is 196 g/mol. The Hall–Kier alpha value is -1.54. The summed E-state index contributed by atoms with van der Waals surface area (Å²) >= 11 is 0. The maximum absolute atomic E-state index is 5.59. The van der Waals surface area contributed by atoms with Gasteiger partial charge in [-0.15, -0.1) is 0 Å². The molecule has 0 aliphatic heterocycles. The van der Waals surface area contributed by atoms with Gasteiger partial charge in [-0.2, -0.15) is 0 Å². The van der Waals surface area contributed by atoms with E-state index in [0.717, 1.165) is 13.0 Å². The molecule has 0 spiro atoms. The molecule has 0 amide bonds. The average molecular weight is 214 g/mol. The van der Waals surface area contributed by atoms with Gasteiger partial charge in [0, 0.05) is 18.4 Å². The van der Waals surface area contributed by atoms with Gasteiger partial charge in [-0.1, -0.05) is 29.8 Å². The molecular formula is C14H18N2. The summed E-state index contributed by atoms with van der Waals surface area (Å²) in [5.41, 5.74) is 9.55. The van der Waals surface area contributed by atoms with Crippen LogP contribution in [0, 0.1) is 6.92 Å². The molecule has 1 heterocycles. The number of rotatable bonds is 4. The van der Waals surface area contributed by atoms with Crippen molar-refractivity contribution in [1.29, 1.82) is 0 Å². The second-order valence-corrected chi connectivity index (χ2v) is 4.16. The van der Waals surface area contributed by atoms with E-state index in [0.29, 0.717) is 6.54 Å². The minimum absolute atomic E-state index is 0.706. The normalized spacial score (nSPS) is 10.6. The van der Waals surface area contributed by atoms with Gasteiger partial charge in [-0.25, -0.2) is 0 Å². The van der Waals surface area contributed by atoms with Crippen molar-refractivity contribution in [3.05, 3.63) is 59.4 Å². The molecule has 0 atom stereocenters. The number of aryl methyl sites for hydroxylation is 1. The Morgan fingerprint density at radius 1 is 1.19 bits per heavy atom.